The molecule has 1 fully saturated rings. The van der Waals surface area contributed by atoms with E-state index in [4.69, 9.17) is 0 Å². The van der Waals surface area contributed by atoms with Crippen molar-refractivity contribution >= 4 is 111 Å². The number of fused-ring (bicyclic) bond motifs is 5. The Labute approximate surface area is 514 Å². The zero-order chi connectivity index (χ0) is 64.6. The molecule has 1 saturated heterocycles. The Bertz CT molecular complexity index is 3250. The molecule has 4 aliphatic rings. The molecule has 4 aliphatic heterocycles. The number of H-pyrrole nitrogens is 1. The number of nitrogens with one attached hydrogen (secondary N) is 12. The van der Waals surface area contributed by atoms with Crippen molar-refractivity contribution in [3.8, 4) is 0 Å². The third kappa shape index (κ3) is 18.0. The first kappa shape index (κ1) is 67.3. The molecule has 7 rings (SSSR count). The van der Waals surface area contributed by atoms with E-state index in [9.17, 15) is 77.3 Å². The number of hydrogen-bond donors (Lipinski definition) is 14. The first-order valence-electron chi connectivity index (χ1n) is 29.1. The number of aromatic amines is 1. The number of carbonyl (C=O) groups excluding carboxylic acids is 14. The number of imide groups is 1. The minimum Gasteiger partial charge on any atom is -0.394 e. The Hall–Kier alpha value is -9.23. The van der Waals surface area contributed by atoms with Crippen LogP contribution in [0.4, 0.5) is 5.69 Å². The molecule has 0 radical (unpaired) electrons. The van der Waals surface area contributed by atoms with Crippen molar-refractivity contribution in [1.29, 1.82) is 0 Å². The van der Waals surface area contributed by atoms with Crippen LogP contribution in [0.1, 0.15) is 70.9 Å². The zero-order valence-electron chi connectivity index (χ0n) is 49.4. The summed E-state index contributed by atoms with van der Waals surface area (Å²) in [6, 6.07) is 3.05. The van der Waals surface area contributed by atoms with Crippen LogP contribution in [-0.2, 0) is 80.1 Å². The fourth-order valence-corrected chi connectivity index (χ4v) is 11.3. The first-order valence-corrected chi connectivity index (χ1v) is 30.1. The Kier molecular flexibility index (Phi) is 23.5. The Morgan fingerprint density at radius 3 is 2.11 bits per heavy atom. The van der Waals surface area contributed by atoms with Gasteiger partial charge in [-0.05, 0) is 55.0 Å². The van der Waals surface area contributed by atoms with Crippen molar-refractivity contribution in [2.24, 2.45) is 11.8 Å². The number of para-hydroxylation sites is 1. The second kappa shape index (κ2) is 31.1. The van der Waals surface area contributed by atoms with Crippen molar-refractivity contribution < 1.29 is 77.3 Å². The van der Waals surface area contributed by atoms with E-state index in [0.29, 0.717) is 39.2 Å². The van der Waals surface area contributed by atoms with Gasteiger partial charge in [0.05, 0.1) is 43.8 Å². The number of nitrogens with zero attached hydrogens (tertiary/aromatic N) is 2. The van der Waals surface area contributed by atoms with E-state index >= 15 is 0 Å². The summed E-state index contributed by atoms with van der Waals surface area (Å²) in [6.45, 7) is 3.16. The predicted molar refractivity (Wildman–Crippen MR) is 317 cm³/mol. The molecule has 89 heavy (non-hydrogen) atoms. The number of amides is 14. The standard InChI is InChI=1S/C58H74N14O16S/c1-5-29(2)49-55(86)62-25-45(78)65-39-28-89-57-35(34-9-6-7-10-36(34)68-57)21-37(52(83)61-26-46(79)69-49)66-56(87)50(30(3)41(74)27-73)70-54(85)40-11-8-19-71(40)58(88)38(67-53(39)84)22-43(76)59-23-32-12-14-33(15-13-32)64-51(82)31(4)63-44(77)24-60-42(75)18-20-72-47(80)16-17-48(72)81/h6-7,9-10,12-17,29-31,37-41,49-50,68,73-74H,5,8,11,18-28H2,1-4H3,(H,59,76)(H,60,75)(H,61,83)(H,62,86)(H,63,77)(H,64,82)(H,65,78)(H,66,87)(H,67,84)(H,69,79)(H,70,85)/t29-,30-,31-,37-,38-,39-,40-,41-,49-,50-/m0/s1. The van der Waals surface area contributed by atoms with Gasteiger partial charge in [-0.3, -0.25) is 72.0 Å². The van der Waals surface area contributed by atoms with Crippen LogP contribution in [0.3, 0.4) is 0 Å². The lowest BCUT2D eigenvalue weighted by molar-refractivity contribution is -0.144. The molecule has 10 atom stereocenters. The van der Waals surface area contributed by atoms with Crippen molar-refractivity contribution in [2.75, 3.05) is 50.4 Å². The van der Waals surface area contributed by atoms with Gasteiger partial charge < -0.3 is 78.6 Å². The summed E-state index contributed by atoms with van der Waals surface area (Å²) in [7, 11) is 0. The largest absolute Gasteiger partial charge is 0.394 e. The minimum absolute atomic E-state index is 0.0312. The van der Waals surface area contributed by atoms with Gasteiger partial charge in [0.2, 0.25) is 70.9 Å². The topological polar surface area (TPSA) is 434 Å². The third-order valence-electron chi connectivity index (χ3n) is 15.7. The summed E-state index contributed by atoms with van der Waals surface area (Å²) in [6.07, 6.45) is -0.0230. The molecule has 0 spiro atoms. The van der Waals surface area contributed by atoms with Gasteiger partial charge in [0.1, 0.15) is 42.3 Å². The average molecular weight is 1260 g/mol. The molecule has 5 heterocycles. The summed E-state index contributed by atoms with van der Waals surface area (Å²) in [4.78, 5) is 195. The third-order valence-corrected chi connectivity index (χ3v) is 16.8. The molecule has 30 nitrogen and oxygen atoms in total. The van der Waals surface area contributed by atoms with Gasteiger partial charge in [-0.1, -0.05) is 57.5 Å². The maximum absolute atomic E-state index is 14.9. The van der Waals surface area contributed by atoms with E-state index in [0.717, 1.165) is 33.7 Å². The summed E-state index contributed by atoms with van der Waals surface area (Å²) < 4.78 is 0. The van der Waals surface area contributed by atoms with Gasteiger partial charge in [0.25, 0.3) is 11.8 Å². The lowest BCUT2D eigenvalue weighted by Crippen LogP contribution is -2.62. The molecule has 3 aromatic rings. The predicted octanol–water partition coefficient (Wildman–Crippen LogP) is -3.91. The molecule has 0 saturated carbocycles. The number of aliphatic hydroxyl groups is 2. The Morgan fingerprint density at radius 1 is 0.730 bits per heavy atom. The fraction of sp³-hybridized carbons (Fsp3) is 0.483. The fourth-order valence-electron chi connectivity index (χ4n) is 10.2. The molecule has 0 unspecified atom stereocenters. The molecule has 14 amide bonds. The van der Waals surface area contributed by atoms with Crippen LogP contribution >= 0.6 is 11.8 Å². The maximum Gasteiger partial charge on any atom is 0.253 e. The van der Waals surface area contributed by atoms with Crippen LogP contribution in [0, 0.1) is 11.8 Å². The van der Waals surface area contributed by atoms with Crippen molar-refractivity contribution in [3.05, 3.63) is 71.8 Å². The Morgan fingerprint density at radius 2 is 1.42 bits per heavy atom. The molecule has 1 aromatic heterocycles. The molecular formula is C58H74N14O16S. The molecule has 2 aromatic carbocycles. The highest BCUT2D eigenvalue weighted by molar-refractivity contribution is 7.99. The number of carbonyl (C=O) groups is 14. The van der Waals surface area contributed by atoms with E-state index < -0.39 is 176 Å². The molecule has 0 aliphatic carbocycles. The quantitative estimate of drug-likeness (QED) is 0.0575. The molecule has 14 N–H and O–H groups in total. The van der Waals surface area contributed by atoms with Crippen LogP contribution in [0.25, 0.3) is 10.9 Å². The molecule has 478 valence electrons. The Balaban J connectivity index is 1.12. The van der Waals surface area contributed by atoms with E-state index in [2.05, 4.69) is 63.5 Å². The number of hydrogen-bond acceptors (Lipinski definition) is 17. The SMILES string of the molecule is CC[C@H](C)[C@@H]1NC(=O)CNC(=O)[C@@H]2Cc3c([nH]c4ccccc34)SC[C@H](NC(=O)CNC1=O)C(=O)N[C@@H](CC(=O)NCc1ccc(NC(=O)[C@H](C)NC(=O)CNC(=O)CCN3C(=O)C=CC3=O)cc1)C(=O)N1CCC[C@H]1C(=O)N[C@@H]([C@@H](C)[C@@H](O)CO)C(=O)N2. The average Bonchev–Trinajstić information content (AvgIpc) is 1.96. The second-order valence-electron chi connectivity index (χ2n) is 22.0. The van der Waals surface area contributed by atoms with Gasteiger partial charge >= 0.3 is 0 Å². The van der Waals surface area contributed by atoms with Gasteiger partial charge in [-0.15, -0.1) is 11.8 Å². The highest BCUT2D eigenvalue weighted by Crippen LogP contribution is 2.32. The summed E-state index contributed by atoms with van der Waals surface area (Å²) in [5.41, 5.74) is 1.79. The van der Waals surface area contributed by atoms with Crippen molar-refractivity contribution in [2.45, 2.75) is 126 Å². The summed E-state index contributed by atoms with van der Waals surface area (Å²) >= 11 is 1.02. The first-order chi connectivity index (χ1) is 42.4. The lowest BCUT2D eigenvalue weighted by atomic mass is 9.94. The van der Waals surface area contributed by atoms with Crippen LogP contribution in [0.2, 0.25) is 0 Å². The van der Waals surface area contributed by atoms with E-state index in [1.54, 1.807) is 50.2 Å². The highest BCUT2D eigenvalue weighted by Gasteiger charge is 2.43. The maximum atomic E-state index is 14.9. The van der Waals surface area contributed by atoms with Gasteiger partial charge in [-0.2, -0.15) is 0 Å². The highest BCUT2D eigenvalue weighted by atomic mass is 32.2. The number of benzene rings is 2. The smallest absolute Gasteiger partial charge is 0.253 e. The minimum atomic E-state index is -1.71. The number of aromatic nitrogens is 1. The van der Waals surface area contributed by atoms with Gasteiger partial charge in [0, 0.05) is 72.9 Å². The van der Waals surface area contributed by atoms with Gasteiger partial charge in [-0.25, -0.2) is 0 Å². The van der Waals surface area contributed by atoms with E-state index in [1.165, 1.54) is 26.0 Å². The van der Waals surface area contributed by atoms with Crippen LogP contribution < -0.4 is 58.5 Å². The number of anilines is 1. The number of rotatable bonds is 17. The van der Waals surface area contributed by atoms with Crippen molar-refractivity contribution in [1.82, 2.24) is 68.0 Å². The van der Waals surface area contributed by atoms with Gasteiger partial charge in [0.15, 0.2) is 0 Å². The zero-order valence-corrected chi connectivity index (χ0v) is 50.2. The molecular weight excluding hydrogens is 1180 g/mol. The normalized spacial score (nSPS) is 23.0. The van der Waals surface area contributed by atoms with E-state index in [1.807, 2.05) is 0 Å². The number of thioether (sulfide) groups is 1. The lowest BCUT2D eigenvalue weighted by Gasteiger charge is -2.33. The monoisotopic (exact) mass is 1250 g/mol. The van der Waals surface area contributed by atoms with Crippen LogP contribution in [-0.4, -0.2) is 201 Å². The molecule has 31 heteroatoms. The summed E-state index contributed by atoms with van der Waals surface area (Å²) in [5, 5.41) is 50.3. The second-order valence-corrected chi connectivity index (χ2v) is 23.1. The van der Waals surface area contributed by atoms with E-state index in [-0.39, 0.29) is 51.1 Å². The molecule has 2 bridgehead atoms. The van der Waals surface area contributed by atoms with Crippen LogP contribution in [0.5, 0.6) is 0 Å². The summed E-state index contributed by atoms with van der Waals surface area (Å²) in [5.74, 6) is -12.8. The number of aliphatic hydroxyl groups excluding tert-OH is 2. The van der Waals surface area contributed by atoms with Crippen molar-refractivity contribution in [3.63, 3.8) is 0 Å². The van der Waals surface area contributed by atoms with Crippen LogP contribution in [0.15, 0.2) is 65.7 Å².